The summed E-state index contributed by atoms with van der Waals surface area (Å²) >= 11 is 0. The van der Waals surface area contributed by atoms with Crippen molar-refractivity contribution in [2.45, 2.75) is 70.1 Å². The Kier molecular flexibility index (Phi) is 6.32. The number of carbonyl (C=O) groups excluding carboxylic acids is 2. The average Bonchev–Trinajstić information content (AvgIpc) is 3.25. The van der Waals surface area contributed by atoms with Gasteiger partial charge in [0.1, 0.15) is 0 Å². The molecule has 0 aromatic heterocycles. The Hall–Kier alpha value is -2.20. The number of hydrogen-bond donors (Lipinski definition) is 0. The Balaban J connectivity index is 1.06. The van der Waals surface area contributed by atoms with Gasteiger partial charge in [0.25, 0.3) is 0 Å². The van der Waals surface area contributed by atoms with Crippen LogP contribution in [0.25, 0.3) is 10.8 Å². The fourth-order valence-electron chi connectivity index (χ4n) is 6.44. The second-order valence-corrected chi connectivity index (χ2v) is 10.4. The van der Waals surface area contributed by atoms with Gasteiger partial charge in [0.15, 0.2) is 0 Å². The Labute approximate surface area is 192 Å². The summed E-state index contributed by atoms with van der Waals surface area (Å²) in [6, 6.07) is 15.4. The molecule has 1 aliphatic carbocycles. The molecule has 0 radical (unpaired) electrons. The fourth-order valence-corrected chi connectivity index (χ4v) is 6.44. The summed E-state index contributed by atoms with van der Waals surface area (Å²) in [5, 5.41) is 2.75. The van der Waals surface area contributed by atoms with Crippen molar-refractivity contribution in [3.8, 4) is 0 Å². The smallest absolute Gasteiger partial charge is 0.229 e. The van der Waals surface area contributed by atoms with Crippen LogP contribution in [0.2, 0.25) is 0 Å². The van der Waals surface area contributed by atoms with Crippen LogP contribution in [-0.2, 0) is 9.59 Å². The number of benzene rings is 2. The van der Waals surface area contributed by atoms with E-state index in [1.54, 1.807) is 4.90 Å². The molecule has 32 heavy (non-hydrogen) atoms. The molecule has 2 aromatic rings. The topological polar surface area (TPSA) is 40.6 Å². The zero-order valence-electron chi connectivity index (χ0n) is 19.2. The van der Waals surface area contributed by atoms with E-state index < -0.39 is 0 Å². The SMILES string of the molecule is O=C1CC2(CCCC2)CC(=O)N1CCCCN1CCC(c2cccc3ccccc23)CC1. The first-order valence-corrected chi connectivity index (χ1v) is 12.7. The molecule has 3 fully saturated rings. The van der Waals surface area contributed by atoms with Crippen molar-refractivity contribution >= 4 is 22.6 Å². The summed E-state index contributed by atoms with van der Waals surface area (Å²) in [4.78, 5) is 29.4. The van der Waals surface area contributed by atoms with Crippen molar-refractivity contribution in [2.24, 2.45) is 5.41 Å². The highest BCUT2D eigenvalue weighted by molar-refractivity contribution is 5.98. The summed E-state index contributed by atoms with van der Waals surface area (Å²) in [7, 11) is 0. The summed E-state index contributed by atoms with van der Waals surface area (Å²) in [6.07, 6.45) is 10.1. The molecular weight excluding hydrogens is 396 g/mol. The van der Waals surface area contributed by atoms with Gasteiger partial charge in [-0.3, -0.25) is 14.5 Å². The van der Waals surface area contributed by atoms with Crippen LogP contribution in [0, 0.1) is 5.41 Å². The molecule has 4 heteroatoms. The Morgan fingerprint density at radius 2 is 1.47 bits per heavy atom. The van der Waals surface area contributed by atoms with E-state index in [-0.39, 0.29) is 17.2 Å². The lowest BCUT2D eigenvalue weighted by atomic mass is 9.76. The van der Waals surface area contributed by atoms with Crippen LogP contribution in [0.5, 0.6) is 0 Å². The molecule has 5 rings (SSSR count). The van der Waals surface area contributed by atoms with E-state index in [0.29, 0.717) is 25.3 Å². The van der Waals surface area contributed by atoms with E-state index in [0.717, 1.165) is 45.3 Å². The third kappa shape index (κ3) is 4.47. The van der Waals surface area contributed by atoms with Crippen molar-refractivity contribution in [1.82, 2.24) is 9.80 Å². The molecule has 2 amide bonds. The van der Waals surface area contributed by atoms with Crippen LogP contribution in [-0.4, -0.2) is 47.8 Å². The molecule has 2 aliphatic heterocycles. The molecule has 0 N–H and O–H groups in total. The first kappa shape index (κ1) is 21.6. The molecular formula is C28H36N2O2. The van der Waals surface area contributed by atoms with E-state index >= 15 is 0 Å². The minimum atomic E-state index is 0.0130. The number of piperidine rings is 2. The van der Waals surface area contributed by atoms with E-state index in [1.807, 2.05) is 0 Å². The van der Waals surface area contributed by atoms with Gasteiger partial charge in [-0.2, -0.15) is 0 Å². The van der Waals surface area contributed by atoms with Crippen molar-refractivity contribution in [3.05, 3.63) is 48.0 Å². The first-order valence-electron chi connectivity index (χ1n) is 12.7. The Bertz CT molecular complexity index is 945. The number of unbranched alkanes of at least 4 members (excludes halogenated alkanes) is 1. The predicted octanol–water partition coefficient (Wildman–Crippen LogP) is 5.51. The van der Waals surface area contributed by atoms with Gasteiger partial charge in [0, 0.05) is 19.4 Å². The summed E-state index contributed by atoms with van der Waals surface area (Å²) in [5.41, 5.74) is 1.52. The number of nitrogens with zero attached hydrogens (tertiary/aromatic N) is 2. The molecule has 2 heterocycles. The van der Waals surface area contributed by atoms with Crippen molar-refractivity contribution in [2.75, 3.05) is 26.2 Å². The average molecular weight is 433 g/mol. The molecule has 170 valence electrons. The first-order chi connectivity index (χ1) is 15.6. The molecule has 2 aromatic carbocycles. The summed E-state index contributed by atoms with van der Waals surface area (Å²) < 4.78 is 0. The van der Waals surface area contributed by atoms with E-state index in [1.165, 1.54) is 42.0 Å². The predicted molar refractivity (Wildman–Crippen MR) is 128 cm³/mol. The lowest BCUT2D eigenvalue weighted by Gasteiger charge is -2.37. The number of amides is 2. The highest BCUT2D eigenvalue weighted by Gasteiger charge is 2.44. The Morgan fingerprint density at radius 1 is 0.812 bits per heavy atom. The molecule has 0 atom stereocenters. The van der Waals surface area contributed by atoms with Crippen molar-refractivity contribution < 1.29 is 9.59 Å². The summed E-state index contributed by atoms with van der Waals surface area (Å²) in [6.45, 7) is 3.96. The molecule has 2 saturated heterocycles. The van der Waals surface area contributed by atoms with Gasteiger partial charge in [0.2, 0.25) is 11.8 Å². The highest BCUT2D eigenvalue weighted by atomic mass is 16.2. The van der Waals surface area contributed by atoms with Crippen LogP contribution in [0.15, 0.2) is 42.5 Å². The third-order valence-corrected chi connectivity index (χ3v) is 8.28. The summed E-state index contributed by atoms with van der Waals surface area (Å²) in [5.74, 6) is 0.807. The number of fused-ring (bicyclic) bond motifs is 1. The van der Waals surface area contributed by atoms with Gasteiger partial charge in [-0.05, 0) is 85.8 Å². The maximum atomic E-state index is 12.6. The second-order valence-electron chi connectivity index (χ2n) is 10.4. The second kappa shape index (κ2) is 9.35. The van der Waals surface area contributed by atoms with Crippen LogP contribution >= 0.6 is 0 Å². The largest absolute Gasteiger partial charge is 0.303 e. The number of rotatable bonds is 6. The maximum absolute atomic E-state index is 12.6. The van der Waals surface area contributed by atoms with Crippen molar-refractivity contribution in [3.63, 3.8) is 0 Å². The quantitative estimate of drug-likeness (QED) is 0.446. The number of likely N-dealkylation sites (tertiary alicyclic amines) is 2. The van der Waals surface area contributed by atoms with E-state index in [2.05, 4.69) is 47.4 Å². The molecule has 0 bridgehead atoms. The van der Waals surface area contributed by atoms with Gasteiger partial charge in [0.05, 0.1) is 0 Å². The standard InChI is InChI=1S/C28H36N2O2/c31-26-20-28(14-3-4-15-28)21-27(32)30(26)17-6-5-16-29-18-12-23(13-19-29)25-11-7-9-22-8-1-2-10-24(22)25/h1-2,7-11,23H,3-6,12-21H2. The maximum Gasteiger partial charge on any atom is 0.229 e. The fraction of sp³-hybridized carbons (Fsp3) is 0.571. The minimum absolute atomic E-state index is 0.0130. The monoisotopic (exact) mass is 432 g/mol. The third-order valence-electron chi connectivity index (χ3n) is 8.28. The van der Waals surface area contributed by atoms with Gasteiger partial charge in [-0.1, -0.05) is 55.3 Å². The van der Waals surface area contributed by atoms with Gasteiger partial charge in [-0.25, -0.2) is 0 Å². The normalized spacial score (nSPS) is 22.3. The van der Waals surface area contributed by atoms with Gasteiger partial charge in [-0.15, -0.1) is 0 Å². The molecule has 0 unspecified atom stereocenters. The van der Waals surface area contributed by atoms with Crippen LogP contribution in [0.1, 0.15) is 75.7 Å². The minimum Gasteiger partial charge on any atom is -0.303 e. The van der Waals surface area contributed by atoms with Gasteiger partial charge < -0.3 is 4.90 Å². The highest BCUT2D eigenvalue weighted by Crippen LogP contribution is 2.46. The number of imide groups is 1. The van der Waals surface area contributed by atoms with Crippen LogP contribution in [0.3, 0.4) is 0 Å². The van der Waals surface area contributed by atoms with E-state index in [4.69, 9.17) is 0 Å². The number of carbonyl (C=O) groups is 2. The molecule has 1 spiro atoms. The van der Waals surface area contributed by atoms with E-state index in [9.17, 15) is 9.59 Å². The molecule has 4 nitrogen and oxygen atoms in total. The zero-order valence-corrected chi connectivity index (χ0v) is 19.2. The van der Waals surface area contributed by atoms with Crippen molar-refractivity contribution in [1.29, 1.82) is 0 Å². The lowest BCUT2D eigenvalue weighted by molar-refractivity contribution is -0.153. The number of hydrogen-bond acceptors (Lipinski definition) is 3. The van der Waals surface area contributed by atoms with Crippen LogP contribution < -0.4 is 0 Å². The Morgan fingerprint density at radius 3 is 2.22 bits per heavy atom. The molecule has 3 aliphatic rings. The van der Waals surface area contributed by atoms with Gasteiger partial charge >= 0.3 is 0 Å². The zero-order chi connectivity index (χ0) is 22.0. The van der Waals surface area contributed by atoms with Crippen LogP contribution in [0.4, 0.5) is 0 Å². The lowest BCUT2D eigenvalue weighted by Crippen LogP contribution is -2.47. The molecule has 1 saturated carbocycles.